The molecule has 0 aliphatic carbocycles. The maximum atomic E-state index is 5.63. The van der Waals surface area contributed by atoms with Crippen LogP contribution in [0.5, 0.6) is 0 Å². The van der Waals surface area contributed by atoms with E-state index < -0.39 is 0 Å². The largest absolute Gasteiger partial charge is 0.323 e. The molecule has 0 amide bonds. The molecule has 0 aliphatic heterocycles. The lowest BCUT2D eigenvalue weighted by Gasteiger charge is -1.99. The molecule has 0 spiro atoms. The summed E-state index contributed by atoms with van der Waals surface area (Å²) in [5.41, 5.74) is 8.52. The van der Waals surface area contributed by atoms with Crippen molar-refractivity contribution in [1.82, 2.24) is 4.98 Å². The summed E-state index contributed by atoms with van der Waals surface area (Å²) >= 11 is 1.62. The first-order valence-electron chi connectivity index (χ1n) is 2.87. The van der Waals surface area contributed by atoms with Crippen molar-refractivity contribution in [3.63, 3.8) is 0 Å². The van der Waals surface area contributed by atoms with Crippen LogP contribution in [0.4, 0.5) is 0 Å². The summed E-state index contributed by atoms with van der Waals surface area (Å²) in [5, 5.41) is 0. The van der Waals surface area contributed by atoms with E-state index in [2.05, 4.69) is 4.98 Å². The Bertz CT molecular complexity index is 197. The van der Waals surface area contributed by atoms with Crippen molar-refractivity contribution >= 4 is 23.7 Å². The molecule has 0 saturated carbocycles. The van der Waals surface area contributed by atoms with Gasteiger partial charge in [-0.1, -0.05) is 0 Å². The molecule has 1 atom stereocenters. The van der Waals surface area contributed by atoms with Crippen molar-refractivity contribution in [1.29, 1.82) is 0 Å². The average molecular weight is 179 g/mol. The standard InChI is InChI=1S/C6H10N2S.ClH/c1-4(7)6-5(2)8-3-9-6;/h3-4H,7H2,1-2H3;1H/t4-;/m1./s1. The Morgan fingerprint density at radius 2 is 2.30 bits per heavy atom. The molecule has 2 N–H and O–H groups in total. The van der Waals surface area contributed by atoms with Crippen LogP contribution < -0.4 is 5.73 Å². The van der Waals surface area contributed by atoms with E-state index in [1.165, 1.54) is 4.88 Å². The number of halogens is 1. The zero-order valence-electron chi connectivity index (χ0n) is 6.00. The van der Waals surface area contributed by atoms with Gasteiger partial charge in [0.15, 0.2) is 0 Å². The molecule has 10 heavy (non-hydrogen) atoms. The molecule has 0 saturated heterocycles. The zero-order valence-corrected chi connectivity index (χ0v) is 7.63. The van der Waals surface area contributed by atoms with E-state index in [0.717, 1.165) is 5.69 Å². The average Bonchev–Trinajstić information content (AvgIpc) is 2.13. The number of aryl methyl sites for hydroxylation is 1. The van der Waals surface area contributed by atoms with E-state index in [4.69, 9.17) is 5.73 Å². The van der Waals surface area contributed by atoms with Crippen LogP contribution in [0.15, 0.2) is 5.51 Å². The fourth-order valence-electron chi connectivity index (χ4n) is 0.748. The highest BCUT2D eigenvalue weighted by Gasteiger charge is 2.04. The third-order valence-electron chi connectivity index (χ3n) is 1.20. The highest BCUT2D eigenvalue weighted by Crippen LogP contribution is 2.18. The maximum Gasteiger partial charge on any atom is 0.0798 e. The van der Waals surface area contributed by atoms with Crippen molar-refractivity contribution in [3.05, 3.63) is 16.1 Å². The van der Waals surface area contributed by atoms with E-state index in [0.29, 0.717) is 0 Å². The Kier molecular flexibility index (Phi) is 3.86. The molecule has 0 unspecified atom stereocenters. The number of aromatic nitrogens is 1. The minimum Gasteiger partial charge on any atom is -0.323 e. The van der Waals surface area contributed by atoms with Gasteiger partial charge >= 0.3 is 0 Å². The number of hydrogen-bond donors (Lipinski definition) is 1. The van der Waals surface area contributed by atoms with Crippen molar-refractivity contribution in [2.45, 2.75) is 19.9 Å². The van der Waals surface area contributed by atoms with Crippen LogP contribution in [0, 0.1) is 6.92 Å². The van der Waals surface area contributed by atoms with Crippen LogP contribution in [0.25, 0.3) is 0 Å². The lowest BCUT2D eigenvalue weighted by atomic mass is 10.2. The quantitative estimate of drug-likeness (QED) is 0.714. The smallest absolute Gasteiger partial charge is 0.0798 e. The molecule has 0 aliphatic rings. The molecule has 1 aromatic rings. The first-order valence-corrected chi connectivity index (χ1v) is 3.75. The van der Waals surface area contributed by atoms with Crippen LogP contribution in [-0.2, 0) is 0 Å². The number of rotatable bonds is 1. The highest BCUT2D eigenvalue weighted by molar-refractivity contribution is 7.09. The topological polar surface area (TPSA) is 38.9 Å². The van der Waals surface area contributed by atoms with Gasteiger partial charge in [0.25, 0.3) is 0 Å². The SMILES string of the molecule is Cc1ncsc1[C@@H](C)N.Cl. The lowest BCUT2D eigenvalue weighted by molar-refractivity contribution is 0.825. The van der Waals surface area contributed by atoms with Gasteiger partial charge in [-0.15, -0.1) is 23.7 Å². The molecule has 0 bridgehead atoms. The molecular weight excluding hydrogens is 168 g/mol. The molecule has 1 aromatic heterocycles. The number of nitrogens with two attached hydrogens (primary N) is 1. The summed E-state index contributed by atoms with van der Waals surface area (Å²) in [7, 11) is 0. The summed E-state index contributed by atoms with van der Waals surface area (Å²) in [4.78, 5) is 5.27. The molecule has 2 nitrogen and oxygen atoms in total. The Labute approximate surface area is 70.9 Å². The Morgan fingerprint density at radius 3 is 2.50 bits per heavy atom. The van der Waals surface area contributed by atoms with Crippen LogP contribution in [0.2, 0.25) is 0 Å². The third-order valence-corrected chi connectivity index (χ3v) is 2.33. The molecule has 0 radical (unpaired) electrons. The van der Waals surface area contributed by atoms with Crippen molar-refractivity contribution in [2.75, 3.05) is 0 Å². The van der Waals surface area contributed by atoms with Gasteiger partial charge < -0.3 is 5.73 Å². The summed E-state index contributed by atoms with van der Waals surface area (Å²) < 4.78 is 0. The monoisotopic (exact) mass is 178 g/mol. The molecular formula is C6H11ClN2S. The molecule has 0 fully saturated rings. The molecule has 0 aromatic carbocycles. The first-order chi connectivity index (χ1) is 4.22. The van der Waals surface area contributed by atoms with Gasteiger partial charge in [-0.05, 0) is 13.8 Å². The second-order valence-corrected chi connectivity index (χ2v) is 2.98. The minimum atomic E-state index is 0. The summed E-state index contributed by atoms with van der Waals surface area (Å²) in [6, 6.07) is 0.137. The second-order valence-electron chi connectivity index (χ2n) is 2.09. The van der Waals surface area contributed by atoms with E-state index in [9.17, 15) is 0 Å². The fraction of sp³-hybridized carbons (Fsp3) is 0.500. The predicted octanol–water partition coefficient (Wildman–Crippen LogP) is 1.89. The van der Waals surface area contributed by atoms with E-state index >= 15 is 0 Å². The molecule has 1 heterocycles. The number of nitrogens with zero attached hydrogens (tertiary/aromatic N) is 1. The summed E-state index contributed by atoms with van der Waals surface area (Å²) in [6.07, 6.45) is 0. The van der Waals surface area contributed by atoms with Crippen molar-refractivity contribution in [2.24, 2.45) is 5.73 Å². The number of thiazole rings is 1. The van der Waals surface area contributed by atoms with Crippen molar-refractivity contribution < 1.29 is 0 Å². The molecule has 1 rings (SSSR count). The maximum absolute atomic E-state index is 5.63. The highest BCUT2D eigenvalue weighted by atomic mass is 35.5. The van der Waals surface area contributed by atoms with Gasteiger partial charge in [0.1, 0.15) is 0 Å². The Hall–Kier alpha value is -0.120. The second kappa shape index (κ2) is 3.91. The van der Waals surface area contributed by atoms with Gasteiger partial charge in [0.2, 0.25) is 0 Å². The number of hydrogen-bond acceptors (Lipinski definition) is 3. The third kappa shape index (κ3) is 1.94. The van der Waals surface area contributed by atoms with Crippen LogP contribution in [0.1, 0.15) is 23.5 Å². The van der Waals surface area contributed by atoms with Crippen LogP contribution in [0.3, 0.4) is 0 Å². The Balaban J connectivity index is 0.000000810. The summed E-state index contributed by atoms with van der Waals surface area (Å²) in [5.74, 6) is 0. The van der Waals surface area contributed by atoms with Gasteiger partial charge in [0, 0.05) is 10.9 Å². The fourth-order valence-corrected chi connectivity index (χ4v) is 1.51. The van der Waals surface area contributed by atoms with E-state index in [-0.39, 0.29) is 18.4 Å². The lowest BCUT2D eigenvalue weighted by Crippen LogP contribution is -2.03. The van der Waals surface area contributed by atoms with Crippen LogP contribution >= 0.6 is 23.7 Å². The molecule has 58 valence electrons. The minimum absolute atomic E-state index is 0. The predicted molar refractivity (Wildman–Crippen MR) is 46.7 cm³/mol. The Morgan fingerprint density at radius 1 is 1.70 bits per heavy atom. The van der Waals surface area contributed by atoms with Gasteiger partial charge in [-0.2, -0.15) is 0 Å². The van der Waals surface area contributed by atoms with Crippen LogP contribution in [-0.4, -0.2) is 4.98 Å². The van der Waals surface area contributed by atoms with Gasteiger partial charge in [-0.25, -0.2) is 4.98 Å². The van der Waals surface area contributed by atoms with Gasteiger partial charge in [0.05, 0.1) is 11.2 Å². The summed E-state index contributed by atoms with van der Waals surface area (Å²) in [6.45, 7) is 3.95. The van der Waals surface area contributed by atoms with E-state index in [1.807, 2.05) is 19.4 Å². The van der Waals surface area contributed by atoms with E-state index in [1.54, 1.807) is 11.3 Å². The van der Waals surface area contributed by atoms with Gasteiger partial charge in [-0.3, -0.25) is 0 Å². The van der Waals surface area contributed by atoms with Crippen molar-refractivity contribution in [3.8, 4) is 0 Å². The molecule has 4 heteroatoms. The zero-order chi connectivity index (χ0) is 6.85. The first kappa shape index (κ1) is 9.88. The normalized spacial score (nSPS) is 12.3.